The summed E-state index contributed by atoms with van der Waals surface area (Å²) in [6.45, 7) is 9.81. The van der Waals surface area contributed by atoms with Crippen molar-refractivity contribution in [2.45, 2.75) is 159 Å². The number of imidazole rings is 3. The van der Waals surface area contributed by atoms with E-state index in [1.807, 2.05) is 150 Å². The molecule has 139 heavy (non-hydrogen) atoms. The Morgan fingerprint density at radius 1 is 0.353 bits per heavy atom. The molecule has 5 aromatic carbocycles. The number of anilines is 6. The number of aromatic amines is 5. The Bertz CT molecular complexity index is 8260. The molecular formula is C97H85Cl5F3N29O5. The number of hydrogen-bond donors (Lipinski definition) is 11. The van der Waals surface area contributed by atoms with Crippen LogP contribution in [0.3, 0.4) is 0 Å². The van der Waals surface area contributed by atoms with Gasteiger partial charge in [-0.2, -0.15) is 33.7 Å². The summed E-state index contributed by atoms with van der Waals surface area (Å²) >= 11 is 31.5. The summed E-state index contributed by atoms with van der Waals surface area (Å²) in [6, 6.07) is 39.1. The molecule has 42 heteroatoms. The average molecular weight is 1970 g/mol. The van der Waals surface area contributed by atoms with Crippen molar-refractivity contribution >= 4 is 202 Å². The van der Waals surface area contributed by atoms with Gasteiger partial charge in [0.2, 0.25) is 5.95 Å². The molecule has 0 bridgehead atoms. The Kier molecular flexibility index (Phi) is 24.0. The molecule has 0 radical (unpaired) electrons. The number of rotatable bonds is 20. The average Bonchev–Trinajstić information content (AvgIpc) is 1.67. The predicted molar refractivity (Wildman–Crippen MR) is 535 cm³/mol. The highest BCUT2D eigenvalue weighted by Crippen LogP contribution is 2.45. The molecule has 5 saturated carbocycles. The summed E-state index contributed by atoms with van der Waals surface area (Å²) in [4.78, 5) is 133. The minimum atomic E-state index is -0.862. The van der Waals surface area contributed by atoms with Crippen molar-refractivity contribution in [2.75, 3.05) is 32.3 Å². The van der Waals surface area contributed by atoms with Gasteiger partial charge in [0.05, 0.1) is 106 Å². The monoisotopic (exact) mass is 1970 g/mol. The zero-order valence-electron chi connectivity index (χ0n) is 74.7. The van der Waals surface area contributed by atoms with Gasteiger partial charge in [-0.15, -0.1) is 0 Å². The van der Waals surface area contributed by atoms with Crippen molar-refractivity contribution in [3.8, 4) is 0 Å². The summed E-state index contributed by atoms with van der Waals surface area (Å²) in [5.74, 6) is 2.12. The SMILES string of the molecule is C[C@H](Nc1nc(F)nc2nc[nH]c12)c1cc2cccc(Cl)c2c(=O)n1C1CC1.C[C@H](Nc1nc(N)nc2nc[nH]c12)c1cc2cccc(Cl)c2c(=O)n1C1CC1.C[C@H](Nc1ncnc2[nH]cc(F)c12)c1cc2cccc(Cl)c2c(=O)n1C1CC1.C[C@H](Nc1ncnc2[nH]ccc12)c1cc2cccc(Cl)c2c(=O)n1C1CC1.C[C@H](Nc1ncnc2nc(F)[nH]c12)c1cc2cccc(Cl)c2c(=O)n1C1CC1. The molecule has 15 heterocycles. The van der Waals surface area contributed by atoms with E-state index in [-0.39, 0.29) is 105 Å². The molecule has 5 aliphatic rings. The number of nitrogens with zero attached hydrogens (tertiary/aromatic N) is 18. The fourth-order valence-electron chi connectivity index (χ4n) is 18.2. The minimum Gasteiger partial charge on any atom is -0.368 e. The molecule has 15 aromatic heterocycles. The molecule has 0 saturated heterocycles. The van der Waals surface area contributed by atoms with Crippen LogP contribution in [-0.4, -0.2) is 113 Å². The Balaban J connectivity index is 0.000000103. The van der Waals surface area contributed by atoms with E-state index in [4.69, 9.17) is 63.7 Å². The highest BCUT2D eigenvalue weighted by atomic mass is 35.5. The number of benzene rings is 5. The van der Waals surface area contributed by atoms with Gasteiger partial charge in [-0.05, 0) is 192 Å². The van der Waals surface area contributed by atoms with Gasteiger partial charge in [0.15, 0.2) is 40.2 Å². The molecule has 5 atom stereocenters. The van der Waals surface area contributed by atoms with E-state index in [0.29, 0.717) is 109 Å². The van der Waals surface area contributed by atoms with E-state index in [0.717, 1.165) is 136 Å². The summed E-state index contributed by atoms with van der Waals surface area (Å²) in [7, 11) is 0. The van der Waals surface area contributed by atoms with Crippen molar-refractivity contribution in [1.82, 2.24) is 113 Å². The number of hydrogen-bond acceptors (Lipinski definition) is 24. The molecule has 5 aliphatic carbocycles. The van der Waals surface area contributed by atoms with Crippen molar-refractivity contribution in [2.24, 2.45) is 0 Å². The zero-order valence-corrected chi connectivity index (χ0v) is 78.5. The second kappa shape index (κ2) is 36.9. The second-order valence-corrected chi connectivity index (χ2v) is 37.2. The molecule has 0 amide bonds. The van der Waals surface area contributed by atoms with Crippen molar-refractivity contribution in [3.05, 3.63) is 295 Å². The van der Waals surface area contributed by atoms with E-state index in [1.165, 1.54) is 31.5 Å². The standard InChI is InChI=1S/C20H17ClFN5O.C20H18ClN5O.2C19H16ClFN6O.C19H18ClN7O/c1-10(26-19-17-14(22)8-23-18(17)24-9-25-19)15-7-11-3-2-4-13(21)16(11)20(28)27(15)12-5-6-12;1-11(25-19-14-7-8-22-18(14)23-10-24-19)16-9-12-3-2-4-15(21)17(12)20(27)26(16)13-5-6-13;1-9(24-16-15-17(23-8-22-16)26-19(21)25-15)13-7-10-3-2-4-12(20)14(10)18(28)27(13)11-5-6-11;2*1-9(24-17-15-16(23-8-22-15)25-19(21)26-17)13-7-10-3-2-4-12(20)14(10)18(28)27(13)11-5-6-11/h2-4,7-10,12H,5-6H2,1H3,(H2,23,24,25,26);2-4,7-11,13H,5-6H2,1H3,(H2,22,23,24,25);2*2-4,7-9,11H,5-6H2,1H3,(H2,22,23,24,25,26);2-4,7-9,11H,5-6H2,1H3,(H4,21,22,23,24,25,26)/t10-;11-;3*9-/m00000/s1. The summed E-state index contributed by atoms with van der Waals surface area (Å²) in [5.41, 5.74) is 13.5. The largest absolute Gasteiger partial charge is 0.368 e. The van der Waals surface area contributed by atoms with E-state index >= 15 is 0 Å². The van der Waals surface area contributed by atoms with Crippen LogP contribution in [0.5, 0.6) is 0 Å². The van der Waals surface area contributed by atoms with Gasteiger partial charge in [-0.25, -0.2) is 44.3 Å². The van der Waals surface area contributed by atoms with Crippen LogP contribution in [0.25, 0.3) is 109 Å². The van der Waals surface area contributed by atoms with Crippen molar-refractivity contribution in [1.29, 1.82) is 0 Å². The van der Waals surface area contributed by atoms with E-state index in [9.17, 15) is 37.1 Å². The molecule has 0 aliphatic heterocycles. The number of fused-ring (bicyclic) bond motifs is 10. The number of H-pyrrole nitrogens is 5. The van der Waals surface area contributed by atoms with Gasteiger partial charge < -0.3 is 80.1 Å². The topological polar surface area (TPSA) is 443 Å². The lowest BCUT2D eigenvalue weighted by atomic mass is 10.1. The lowest BCUT2D eigenvalue weighted by molar-refractivity contribution is 0.543. The first-order valence-electron chi connectivity index (χ1n) is 45.2. The molecule has 12 N–H and O–H groups in total. The van der Waals surface area contributed by atoms with E-state index in [1.54, 1.807) is 41.2 Å². The maximum atomic E-state index is 14.2. The first-order valence-corrected chi connectivity index (χ1v) is 47.1. The van der Waals surface area contributed by atoms with Crippen molar-refractivity contribution in [3.63, 3.8) is 0 Å². The smallest absolute Gasteiger partial charge is 0.312 e. The van der Waals surface area contributed by atoms with Crippen LogP contribution in [0.1, 0.15) is 188 Å². The maximum Gasteiger partial charge on any atom is 0.312 e. The Morgan fingerprint density at radius 2 is 0.691 bits per heavy atom. The highest BCUT2D eigenvalue weighted by Gasteiger charge is 2.37. The molecular weight excluding hydrogens is 1890 g/mol. The number of nitrogen functional groups attached to an aromatic ring is 1. The van der Waals surface area contributed by atoms with Gasteiger partial charge in [0, 0.05) is 71.1 Å². The number of aromatic nitrogens is 23. The van der Waals surface area contributed by atoms with Gasteiger partial charge in [0.25, 0.3) is 33.9 Å². The van der Waals surface area contributed by atoms with Crippen LogP contribution in [-0.2, 0) is 0 Å². The third-order valence-corrected chi connectivity index (χ3v) is 27.0. The molecule has 5 fully saturated rings. The normalized spacial score (nSPS) is 15.3. The third-order valence-electron chi connectivity index (χ3n) is 25.4. The minimum absolute atomic E-state index is 0.0151. The number of halogens is 8. The summed E-state index contributed by atoms with van der Waals surface area (Å²) in [5, 5.41) is 26.9. The van der Waals surface area contributed by atoms with Gasteiger partial charge >= 0.3 is 6.08 Å². The zero-order chi connectivity index (χ0) is 96.2. The summed E-state index contributed by atoms with van der Waals surface area (Å²) < 4.78 is 50.6. The molecule has 0 unspecified atom stereocenters. The Morgan fingerprint density at radius 3 is 1.09 bits per heavy atom. The lowest BCUT2D eigenvalue weighted by Gasteiger charge is -2.21. The fraction of sp³-hybridized carbons (Fsp3) is 0.258. The van der Waals surface area contributed by atoms with E-state index in [2.05, 4.69) is 122 Å². The van der Waals surface area contributed by atoms with Gasteiger partial charge in [0.1, 0.15) is 58.5 Å². The molecule has 34 nitrogen and oxygen atoms in total. The van der Waals surface area contributed by atoms with Crippen LogP contribution in [0.4, 0.5) is 48.2 Å². The number of pyridine rings is 5. The molecule has 25 rings (SSSR count). The van der Waals surface area contributed by atoms with Crippen LogP contribution >= 0.6 is 58.0 Å². The molecule has 20 aromatic rings. The summed E-state index contributed by atoms with van der Waals surface area (Å²) in [6.07, 6.45) is 18.5. The first kappa shape index (κ1) is 90.5. The first-order chi connectivity index (χ1) is 67.2. The van der Waals surface area contributed by atoms with E-state index < -0.39 is 18.0 Å². The maximum absolute atomic E-state index is 14.2. The van der Waals surface area contributed by atoms with Crippen LogP contribution in [0.15, 0.2) is 195 Å². The van der Waals surface area contributed by atoms with Gasteiger partial charge in [-0.3, -0.25) is 24.0 Å². The number of nitrogens with two attached hydrogens (primary N) is 1. The van der Waals surface area contributed by atoms with Gasteiger partial charge in [-0.1, -0.05) is 119 Å². The van der Waals surface area contributed by atoms with Crippen LogP contribution in [0, 0.1) is 18.0 Å². The Labute approximate surface area is 809 Å². The third kappa shape index (κ3) is 17.7. The quantitative estimate of drug-likeness (QED) is 0.0249. The van der Waals surface area contributed by atoms with Crippen molar-refractivity contribution < 1.29 is 13.2 Å². The second-order valence-electron chi connectivity index (χ2n) is 35.2. The van der Waals surface area contributed by atoms with Crippen LogP contribution in [0.2, 0.25) is 25.1 Å². The predicted octanol–water partition coefficient (Wildman–Crippen LogP) is 20.4. The Hall–Kier alpha value is -14.9. The lowest BCUT2D eigenvalue weighted by Crippen LogP contribution is -2.26. The number of nitrogens with one attached hydrogen (secondary N) is 10. The highest BCUT2D eigenvalue weighted by molar-refractivity contribution is 6.37. The molecule has 704 valence electrons. The molecule has 0 spiro atoms. The van der Waals surface area contributed by atoms with Crippen LogP contribution < -0.4 is 60.1 Å². The fourth-order valence-corrected chi connectivity index (χ4v) is 19.5.